The van der Waals surface area contributed by atoms with Crippen molar-refractivity contribution in [3.63, 3.8) is 0 Å². The zero-order valence-electron chi connectivity index (χ0n) is 11.1. The van der Waals surface area contributed by atoms with Crippen molar-refractivity contribution in [3.05, 3.63) is 65.2 Å². The van der Waals surface area contributed by atoms with Crippen molar-refractivity contribution in [2.24, 2.45) is 0 Å². The Balaban J connectivity index is 2.11. The molecule has 0 aliphatic carbocycles. The van der Waals surface area contributed by atoms with E-state index in [1.807, 2.05) is 6.07 Å². The summed E-state index contributed by atoms with van der Waals surface area (Å²) >= 11 is 0. The zero-order chi connectivity index (χ0) is 15.4. The van der Waals surface area contributed by atoms with E-state index in [-0.39, 0.29) is 5.56 Å². The van der Waals surface area contributed by atoms with Gasteiger partial charge in [0.25, 0.3) is 0 Å². The van der Waals surface area contributed by atoms with E-state index in [2.05, 4.69) is 0 Å². The monoisotopic (exact) mass is 287 g/mol. The number of hydrogen-bond acceptors (Lipinski definition) is 3. The van der Waals surface area contributed by atoms with E-state index >= 15 is 0 Å². The Kier molecular flexibility index (Phi) is 4.29. The lowest BCUT2D eigenvalue weighted by Gasteiger charge is -2.13. The molecule has 0 amide bonds. The second-order valence-corrected chi connectivity index (χ2v) is 4.39. The summed E-state index contributed by atoms with van der Waals surface area (Å²) in [6.45, 7) is 1.52. The molecule has 0 saturated carbocycles. The largest absolute Gasteiger partial charge is 0.483 e. The van der Waals surface area contributed by atoms with Crippen molar-refractivity contribution in [2.45, 2.75) is 13.0 Å². The molecule has 1 atom stereocenters. The summed E-state index contributed by atoms with van der Waals surface area (Å²) in [7, 11) is 0. The number of ketones is 1. The van der Waals surface area contributed by atoms with Crippen LogP contribution in [0.4, 0.5) is 8.78 Å². The summed E-state index contributed by atoms with van der Waals surface area (Å²) in [4.78, 5) is 12.1. The minimum atomic E-state index is -1.08. The molecule has 2 aromatic rings. The quantitative estimate of drug-likeness (QED) is 0.809. The number of Topliss-reactive ketones (excluding diaryl/α,β-unsaturated/α-hetero) is 1. The van der Waals surface area contributed by atoms with Gasteiger partial charge in [0.05, 0.1) is 11.6 Å². The van der Waals surface area contributed by atoms with Gasteiger partial charge in [0.15, 0.2) is 17.7 Å². The van der Waals surface area contributed by atoms with Gasteiger partial charge in [-0.25, -0.2) is 8.78 Å². The van der Waals surface area contributed by atoms with Crippen LogP contribution >= 0.6 is 0 Å². The fourth-order valence-corrected chi connectivity index (χ4v) is 1.75. The summed E-state index contributed by atoms with van der Waals surface area (Å²) < 4.78 is 31.4. The molecule has 2 aromatic carbocycles. The lowest BCUT2D eigenvalue weighted by molar-refractivity contribution is 0.0817. The van der Waals surface area contributed by atoms with Crippen molar-refractivity contribution < 1.29 is 18.3 Å². The van der Waals surface area contributed by atoms with Gasteiger partial charge in [-0.1, -0.05) is 0 Å². The third-order valence-corrected chi connectivity index (χ3v) is 2.87. The molecule has 3 nitrogen and oxygen atoms in total. The lowest BCUT2D eigenvalue weighted by Crippen LogP contribution is -2.24. The molecule has 0 fully saturated rings. The first-order chi connectivity index (χ1) is 10.0. The third-order valence-electron chi connectivity index (χ3n) is 2.87. The van der Waals surface area contributed by atoms with Crippen molar-refractivity contribution in [1.29, 1.82) is 5.26 Å². The first kappa shape index (κ1) is 14.7. The Morgan fingerprint density at radius 2 is 1.81 bits per heavy atom. The van der Waals surface area contributed by atoms with Crippen LogP contribution in [0.1, 0.15) is 22.8 Å². The van der Waals surface area contributed by atoms with Gasteiger partial charge in [0.2, 0.25) is 5.78 Å². The molecular weight excluding hydrogens is 276 g/mol. The van der Waals surface area contributed by atoms with Gasteiger partial charge in [0, 0.05) is 5.56 Å². The van der Waals surface area contributed by atoms with Gasteiger partial charge >= 0.3 is 0 Å². The molecule has 0 saturated heterocycles. The maximum absolute atomic E-state index is 13.1. The van der Waals surface area contributed by atoms with Crippen LogP contribution in [0, 0.1) is 23.0 Å². The summed E-state index contributed by atoms with van der Waals surface area (Å²) in [6, 6.07) is 11.2. The lowest BCUT2D eigenvalue weighted by atomic mass is 10.1. The molecule has 0 heterocycles. The maximum atomic E-state index is 13.1. The van der Waals surface area contributed by atoms with Gasteiger partial charge in [-0.3, -0.25) is 4.79 Å². The first-order valence-corrected chi connectivity index (χ1v) is 6.17. The number of halogens is 2. The number of carbonyl (C=O) groups is 1. The van der Waals surface area contributed by atoms with Crippen LogP contribution in [0.15, 0.2) is 42.5 Å². The molecule has 106 valence electrons. The van der Waals surface area contributed by atoms with E-state index in [1.54, 1.807) is 24.3 Å². The molecule has 0 bridgehead atoms. The Bertz CT molecular complexity index is 705. The smallest absolute Gasteiger partial charge is 0.203 e. The molecule has 5 heteroatoms. The molecule has 0 aliphatic rings. The SMILES string of the molecule is C[C@@H](Oc1ccc(C#N)cc1)C(=O)c1ccc(F)c(F)c1. The summed E-state index contributed by atoms with van der Waals surface area (Å²) in [5.74, 6) is -2.13. The summed E-state index contributed by atoms with van der Waals surface area (Å²) in [6.07, 6.45) is -0.859. The minimum Gasteiger partial charge on any atom is -0.483 e. The Morgan fingerprint density at radius 3 is 2.38 bits per heavy atom. The van der Waals surface area contributed by atoms with Crippen LogP contribution in [0.3, 0.4) is 0 Å². The minimum absolute atomic E-state index is 0.0371. The number of nitrogens with zero attached hydrogens (tertiary/aromatic N) is 1. The van der Waals surface area contributed by atoms with E-state index in [9.17, 15) is 13.6 Å². The summed E-state index contributed by atoms with van der Waals surface area (Å²) in [5.41, 5.74) is 0.511. The molecule has 2 rings (SSSR count). The van der Waals surface area contributed by atoms with E-state index in [0.717, 1.165) is 12.1 Å². The maximum Gasteiger partial charge on any atom is 0.203 e. The predicted molar refractivity (Wildman–Crippen MR) is 71.9 cm³/mol. The van der Waals surface area contributed by atoms with Crippen molar-refractivity contribution >= 4 is 5.78 Å². The number of nitriles is 1. The average Bonchev–Trinajstić information content (AvgIpc) is 2.50. The predicted octanol–water partition coefficient (Wildman–Crippen LogP) is 3.49. The van der Waals surface area contributed by atoms with Crippen LogP contribution in [0.25, 0.3) is 0 Å². The molecule has 0 aliphatic heterocycles. The number of rotatable bonds is 4. The molecule has 0 spiro atoms. The zero-order valence-corrected chi connectivity index (χ0v) is 11.1. The Morgan fingerprint density at radius 1 is 1.14 bits per heavy atom. The number of benzene rings is 2. The van der Waals surface area contributed by atoms with Gasteiger partial charge < -0.3 is 4.74 Å². The van der Waals surface area contributed by atoms with Gasteiger partial charge in [0.1, 0.15) is 5.75 Å². The van der Waals surface area contributed by atoms with E-state index in [0.29, 0.717) is 11.3 Å². The van der Waals surface area contributed by atoms with E-state index < -0.39 is 23.5 Å². The molecular formula is C16H11F2NO2. The van der Waals surface area contributed by atoms with Gasteiger partial charge in [-0.2, -0.15) is 5.26 Å². The number of carbonyl (C=O) groups excluding carboxylic acids is 1. The third kappa shape index (κ3) is 3.42. The second kappa shape index (κ2) is 6.14. The Hall–Kier alpha value is -2.74. The van der Waals surface area contributed by atoms with Crippen LogP contribution in [-0.2, 0) is 0 Å². The molecule has 0 aromatic heterocycles. The van der Waals surface area contributed by atoms with Crippen LogP contribution in [0.2, 0.25) is 0 Å². The normalized spacial score (nSPS) is 11.5. The fourth-order valence-electron chi connectivity index (χ4n) is 1.75. The molecule has 0 unspecified atom stereocenters. The topological polar surface area (TPSA) is 50.1 Å². The average molecular weight is 287 g/mol. The second-order valence-electron chi connectivity index (χ2n) is 4.39. The van der Waals surface area contributed by atoms with Crippen LogP contribution in [0.5, 0.6) is 5.75 Å². The van der Waals surface area contributed by atoms with Crippen LogP contribution < -0.4 is 4.74 Å². The highest BCUT2D eigenvalue weighted by Crippen LogP contribution is 2.16. The van der Waals surface area contributed by atoms with Crippen molar-refractivity contribution in [1.82, 2.24) is 0 Å². The Labute approximate surface area is 120 Å². The molecule has 0 N–H and O–H groups in total. The first-order valence-electron chi connectivity index (χ1n) is 6.17. The van der Waals surface area contributed by atoms with Gasteiger partial charge in [-0.05, 0) is 49.4 Å². The highest BCUT2D eigenvalue weighted by atomic mass is 19.2. The highest BCUT2D eigenvalue weighted by Gasteiger charge is 2.18. The van der Waals surface area contributed by atoms with Crippen LogP contribution in [-0.4, -0.2) is 11.9 Å². The highest BCUT2D eigenvalue weighted by molar-refractivity contribution is 5.99. The van der Waals surface area contributed by atoms with Crippen molar-refractivity contribution in [2.75, 3.05) is 0 Å². The fraction of sp³-hybridized carbons (Fsp3) is 0.125. The standard InChI is InChI=1S/C16H11F2NO2/c1-10(21-13-5-2-11(9-19)3-6-13)16(20)12-4-7-14(17)15(18)8-12/h2-8,10H,1H3/t10-/m1/s1. The van der Waals surface area contributed by atoms with E-state index in [4.69, 9.17) is 10.00 Å². The van der Waals surface area contributed by atoms with Crippen molar-refractivity contribution in [3.8, 4) is 11.8 Å². The number of hydrogen-bond donors (Lipinski definition) is 0. The van der Waals surface area contributed by atoms with E-state index in [1.165, 1.54) is 13.0 Å². The molecule has 0 radical (unpaired) electrons. The van der Waals surface area contributed by atoms with Gasteiger partial charge in [-0.15, -0.1) is 0 Å². The molecule has 21 heavy (non-hydrogen) atoms. The summed E-state index contributed by atoms with van der Waals surface area (Å²) in [5, 5.41) is 8.68. The number of ether oxygens (including phenoxy) is 1.